The fourth-order valence-corrected chi connectivity index (χ4v) is 3.85. The van der Waals surface area contributed by atoms with Gasteiger partial charge in [-0.15, -0.1) is 0 Å². The lowest BCUT2D eigenvalue weighted by atomic mass is 9.71. The second-order valence-electron chi connectivity index (χ2n) is 7.12. The molecular weight excluding hydrogens is 312 g/mol. The van der Waals surface area contributed by atoms with Crippen molar-refractivity contribution >= 4 is 28.6 Å². The molecule has 3 atom stereocenters. The summed E-state index contributed by atoms with van der Waals surface area (Å²) in [5, 5.41) is -0.0184. The number of thioether (sulfide) groups is 1. The van der Waals surface area contributed by atoms with Gasteiger partial charge in [0, 0.05) is 10.7 Å². The molecule has 0 spiro atoms. The average molecular weight is 338 g/mol. The second kappa shape index (κ2) is 7.47. The van der Waals surface area contributed by atoms with Crippen LogP contribution in [0, 0.1) is 17.8 Å². The molecule has 0 saturated carbocycles. The Morgan fingerprint density at radius 3 is 2.22 bits per heavy atom. The molecule has 0 bridgehead atoms. The Morgan fingerprint density at radius 2 is 1.78 bits per heavy atom. The number of hydrogen-bond acceptors (Lipinski definition) is 5. The molecule has 0 heterocycles. The molecule has 5 heteroatoms. The minimum atomic E-state index is -0.951. The van der Waals surface area contributed by atoms with E-state index >= 15 is 0 Å². The molecule has 0 fully saturated rings. The summed E-state index contributed by atoms with van der Waals surface area (Å²) in [7, 11) is 1.26. The molecule has 23 heavy (non-hydrogen) atoms. The van der Waals surface area contributed by atoms with Gasteiger partial charge in [0.05, 0.1) is 13.0 Å². The minimum absolute atomic E-state index is 0.0184. The highest BCUT2D eigenvalue weighted by atomic mass is 32.2. The number of ketones is 1. The molecule has 0 unspecified atom stereocenters. The van der Waals surface area contributed by atoms with E-state index in [0.29, 0.717) is 5.57 Å². The van der Waals surface area contributed by atoms with Gasteiger partial charge in [-0.2, -0.15) is 0 Å². The molecule has 0 aromatic carbocycles. The van der Waals surface area contributed by atoms with Gasteiger partial charge in [-0.1, -0.05) is 49.8 Å². The summed E-state index contributed by atoms with van der Waals surface area (Å²) < 4.78 is 4.57. The molecule has 1 aliphatic rings. The van der Waals surface area contributed by atoms with Crippen LogP contribution in [0.5, 0.6) is 0 Å². The zero-order chi connectivity index (χ0) is 17.9. The van der Waals surface area contributed by atoms with Crippen LogP contribution in [0.2, 0.25) is 0 Å². The first-order valence-electron chi connectivity index (χ1n) is 7.65. The van der Waals surface area contributed by atoms with Crippen LogP contribution in [0.3, 0.4) is 0 Å². The van der Waals surface area contributed by atoms with E-state index in [9.17, 15) is 14.4 Å². The maximum atomic E-state index is 12.8. The summed E-state index contributed by atoms with van der Waals surface area (Å²) >= 11 is 1.25. The molecule has 0 N–H and O–H groups in total. The quantitative estimate of drug-likeness (QED) is 0.447. The van der Waals surface area contributed by atoms with Gasteiger partial charge in [0.15, 0.2) is 10.9 Å². The van der Waals surface area contributed by atoms with Crippen molar-refractivity contribution in [3.63, 3.8) is 0 Å². The fraction of sp³-hybridized carbons (Fsp3) is 0.611. The zero-order valence-electron chi connectivity index (χ0n) is 14.9. The van der Waals surface area contributed by atoms with Crippen LogP contribution in [0.4, 0.5) is 0 Å². The highest BCUT2D eigenvalue weighted by molar-refractivity contribution is 8.14. The van der Waals surface area contributed by atoms with Crippen molar-refractivity contribution in [3.8, 4) is 0 Å². The van der Waals surface area contributed by atoms with Crippen LogP contribution in [-0.2, 0) is 19.1 Å². The van der Waals surface area contributed by atoms with Gasteiger partial charge in [-0.05, 0) is 26.8 Å². The molecule has 4 nitrogen and oxygen atoms in total. The van der Waals surface area contributed by atoms with E-state index in [1.165, 1.54) is 24.9 Å². The predicted molar refractivity (Wildman–Crippen MR) is 93.0 cm³/mol. The van der Waals surface area contributed by atoms with Crippen LogP contribution in [0.1, 0.15) is 41.5 Å². The van der Waals surface area contributed by atoms with Crippen molar-refractivity contribution in [3.05, 3.63) is 23.3 Å². The summed E-state index contributed by atoms with van der Waals surface area (Å²) in [4.78, 5) is 37.2. The number of ether oxygens (including phenoxy) is 1. The first-order chi connectivity index (χ1) is 10.5. The van der Waals surface area contributed by atoms with Crippen LogP contribution in [-0.4, -0.2) is 28.7 Å². The van der Waals surface area contributed by atoms with Crippen molar-refractivity contribution in [1.29, 1.82) is 0 Å². The third kappa shape index (κ3) is 5.06. The Balaban J connectivity index is 3.36. The molecular formula is C18H26O4S. The maximum absolute atomic E-state index is 12.8. The van der Waals surface area contributed by atoms with E-state index in [1.807, 2.05) is 40.7 Å². The van der Waals surface area contributed by atoms with E-state index in [-0.39, 0.29) is 15.6 Å². The number of allylic oxidation sites excluding steroid dienone is 4. The van der Waals surface area contributed by atoms with E-state index in [2.05, 4.69) is 0 Å². The van der Waals surface area contributed by atoms with E-state index < -0.39 is 23.7 Å². The molecule has 1 aliphatic carbocycles. The topological polar surface area (TPSA) is 60.4 Å². The second-order valence-corrected chi connectivity index (χ2v) is 8.96. The summed E-state index contributed by atoms with van der Waals surface area (Å²) in [6.45, 7) is 11.5. The van der Waals surface area contributed by atoms with Gasteiger partial charge in [0.25, 0.3) is 0 Å². The van der Waals surface area contributed by atoms with E-state index in [1.54, 1.807) is 6.92 Å². The number of rotatable bonds is 3. The first-order valence-corrected chi connectivity index (χ1v) is 8.47. The van der Waals surface area contributed by atoms with Crippen LogP contribution in [0.15, 0.2) is 23.3 Å². The van der Waals surface area contributed by atoms with Gasteiger partial charge in [-0.3, -0.25) is 14.4 Å². The number of carbonyl (C=O) groups is 3. The molecule has 0 aliphatic heterocycles. The third-order valence-electron chi connectivity index (χ3n) is 3.58. The van der Waals surface area contributed by atoms with E-state index in [4.69, 9.17) is 4.74 Å². The predicted octanol–water partition coefficient (Wildman–Crippen LogP) is 3.56. The van der Waals surface area contributed by atoms with Gasteiger partial charge in [0.1, 0.15) is 5.92 Å². The van der Waals surface area contributed by atoms with E-state index in [0.717, 1.165) is 5.57 Å². The zero-order valence-corrected chi connectivity index (χ0v) is 15.7. The summed E-state index contributed by atoms with van der Waals surface area (Å²) in [6, 6.07) is 0. The van der Waals surface area contributed by atoms with Gasteiger partial charge in [0.2, 0.25) is 0 Å². The van der Waals surface area contributed by atoms with Gasteiger partial charge >= 0.3 is 5.97 Å². The van der Waals surface area contributed by atoms with Crippen molar-refractivity contribution in [2.75, 3.05) is 7.11 Å². The Bertz CT molecular complexity index is 562. The SMILES string of the molecule is COC(=O)[C@H]1C(=O)C=C(C)[C@@H](C(=O)SC(C)(C)C)[C@@H]1C=C(C)C. The average Bonchev–Trinajstić information content (AvgIpc) is 2.34. The van der Waals surface area contributed by atoms with Crippen molar-refractivity contribution in [1.82, 2.24) is 0 Å². The highest BCUT2D eigenvalue weighted by Crippen LogP contribution is 2.40. The molecule has 0 saturated heterocycles. The molecule has 0 amide bonds. The van der Waals surface area contributed by atoms with Gasteiger partial charge in [-0.25, -0.2) is 0 Å². The lowest BCUT2D eigenvalue weighted by Crippen LogP contribution is -2.41. The smallest absolute Gasteiger partial charge is 0.317 e. The fourth-order valence-electron chi connectivity index (χ4n) is 2.78. The molecule has 0 aromatic heterocycles. The summed E-state index contributed by atoms with van der Waals surface area (Å²) in [5.74, 6) is -2.81. The molecule has 128 valence electrons. The third-order valence-corrected chi connectivity index (χ3v) is 4.65. The Hall–Kier alpha value is -1.36. The lowest BCUT2D eigenvalue weighted by molar-refractivity contribution is -0.150. The van der Waals surface area contributed by atoms with Crippen molar-refractivity contribution < 1.29 is 19.1 Å². The minimum Gasteiger partial charge on any atom is -0.468 e. The molecule has 1 rings (SSSR count). The lowest BCUT2D eigenvalue weighted by Gasteiger charge is -2.34. The molecule has 0 aromatic rings. The Morgan fingerprint density at radius 1 is 1.22 bits per heavy atom. The Kier molecular flexibility index (Phi) is 6.40. The standard InChI is InChI=1S/C18H26O4S/c1-10(2)8-12-14(17(21)23-18(4,5)6)11(3)9-13(19)15(12)16(20)22-7/h8-9,12,14-15H,1-7H3/t12-,14+,15+/m0/s1. The first kappa shape index (κ1) is 19.7. The van der Waals surface area contributed by atoms with Crippen molar-refractivity contribution in [2.24, 2.45) is 17.8 Å². The van der Waals surface area contributed by atoms with Gasteiger partial charge < -0.3 is 4.74 Å². The highest BCUT2D eigenvalue weighted by Gasteiger charge is 2.45. The van der Waals surface area contributed by atoms with Crippen molar-refractivity contribution in [2.45, 2.75) is 46.3 Å². The summed E-state index contributed by atoms with van der Waals surface area (Å²) in [6.07, 6.45) is 3.27. The van der Waals surface area contributed by atoms with Crippen LogP contribution >= 0.6 is 11.8 Å². The maximum Gasteiger partial charge on any atom is 0.317 e. The van der Waals surface area contributed by atoms with Crippen LogP contribution < -0.4 is 0 Å². The number of carbonyl (C=O) groups excluding carboxylic acids is 3. The van der Waals surface area contributed by atoms with Crippen LogP contribution in [0.25, 0.3) is 0 Å². The number of methoxy groups -OCH3 is 1. The largest absolute Gasteiger partial charge is 0.468 e. The number of hydrogen-bond donors (Lipinski definition) is 0. The number of esters is 1. The normalized spacial score (nSPS) is 24.7. The Labute approximate surface area is 142 Å². The monoisotopic (exact) mass is 338 g/mol. The molecule has 0 radical (unpaired) electrons. The summed E-state index contributed by atoms with van der Waals surface area (Å²) in [5.41, 5.74) is 1.67.